The Labute approximate surface area is 160 Å². The average Bonchev–Trinajstić information content (AvgIpc) is 3.14. The number of aliphatic imine (C=N–C) groups is 1. The van der Waals surface area contributed by atoms with Gasteiger partial charge in [-0.25, -0.2) is 0 Å². The Bertz CT molecular complexity index is 572. The SMILES string of the molecule is CCNC(=NCC1(CCOC)CCCC1)NCCS(=O)c1ccccc1. The van der Waals surface area contributed by atoms with E-state index in [1.807, 2.05) is 30.3 Å². The number of methoxy groups -OCH3 is 1. The second-order valence-electron chi connectivity index (χ2n) is 6.93. The highest BCUT2D eigenvalue weighted by molar-refractivity contribution is 7.85. The van der Waals surface area contributed by atoms with E-state index in [2.05, 4.69) is 17.6 Å². The van der Waals surface area contributed by atoms with E-state index in [1.54, 1.807) is 7.11 Å². The van der Waals surface area contributed by atoms with Gasteiger partial charge in [0.25, 0.3) is 0 Å². The summed E-state index contributed by atoms with van der Waals surface area (Å²) in [6, 6.07) is 9.61. The number of hydrogen-bond acceptors (Lipinski definition) is 3. The molecule has 146 valence electrons. The maximum absolute atomic E-state index is 12.3. The molecule has 1 aromatic rings. The quantitative estimate of drug-likeness (QED) is 0.485. The van der Waals surface area contributed by atoms with Crippen LogP contribution in [0, 0.1) is 5.41 Å². The lowest BCUT2D eigenvalue weighted by molar-refractivity contribution is 0.141. The van der Waals surface area contributed by atoms with Crippen molar-refractivity contribution in [2.45, 2.75) is 43.9 Å². The van der Waals surface area contributed by atoms with Gasteiger partial charge in [-0.05, 0) is 43.7 Å². The third-order valence-corrected chi connectivity index (χ3v) is 6.38. The van der Waals surface area contributed by atoms with Gasteiger partial charge in [-0.1, -0.05) is 31.0 Å². The van der Waals surface area contributed by atoms with E-state index in [0.29, 0.717) is 12.3 Å². The van der Waals surface area contributed by atoms with Crippen molar-refractivity contribution in [1.82, 2.24) is 10.6 Å². The first-order chi connectivity index (χ1) is 12.7. The molecule has 6 heteroatoms. The Hall–Kier alpha value is -1.40. The zero-order valence-electron chi connectivity index (χ0n) is 16.1. The van der Waals surface area contributed by atoms with Crippen LogP contribution in [0.4, 0.5) is 0 Å². The minimum atomic E-state index is -0.984. The molecule has 0 aromatic heterocycles. The molecule has 1 unspecified atom stereocenters. The van der Waals surface area contributed by atoms with Crippen molar-refractivity contribution in [3.8, 4) is 0 Å². The highest BCUT2D eigenvalue weighted by atomic mass is 32.2. The summed E-state index contributed by atoms with van der Waals surface area (Å²) in [5.41, 5.74) is 0.283. The van der Waals surface area contributed by atoms with Gasteiger partial charge in [0.1, 0.15) is 0 Å². The Morgan fingerprint density at radius 3 is 2.62 bits per heavy atom. The maximum Gasteiger partial charge on any atom is 0.191 e. The van der Waals surface area contributed by atoms with E-state index in [4.69, 9.17) is 9.73 Å². The molecule has 0 spiro atoms. The Morgan fingerprint density at radius 2 is 1.96 bits per heavy atom. The highest BCUT2D eigenvalue weighted by Gasteiger charge is 2.33. The van der Waals surface area contributed by atoms with Crippen molar-refractivity contribution in [2.24, 2.45) is 10.4 Å². The lowest BCUT2D eigenvalue weighted by Crippen LogP contribution is -2.40. The molecule has 0 amide bonds. The first-order valence-corrected chi connectivity index (χ1v) is 11.0. The molecule has 1 fully saturated rings. The van der Waals surface area contributed by atoms with Gasteiger partial charge >= 0.3 is 0 Å². The van der Waals surface area contributed by atoms with Crippen molar-refractivity contribution >= 4 is 16.8 Å². The van der Waals surface area contributed by atoms with Crippen LogP contribution in [0.1, 0.15) is 39.0 Å². The minimum Gasteiger partial charge on any atom is -0.385 e. The lowest BCUT2D eigenvalue weighted by Gasteiger charge is -2.27. The number of nitrogens with zero attached hydrogens (tertiary/aromatic N) is 1. The molecule has 0 radical (unpaired) electrons. The van der Waals surface area contributed by atoms with Crippen molar-refractivity contribution in [2.75, 3.05) is 39.1 Å². The van der Waals surface area contributed by atoms with Gasteiger partial charge < -0.3 is 15.4 Å². The largest absolute Gasteiger partial charge is 0.385 e. The molecule has 1 aliphatic carbocycles. The van der Waals surface area contributed by atoms with Crippen LogP contribution in [-0.4, -0.2) is 49.3 Å². The predicted octanol–water partition coefficient (Wildman–Crippen LogP) is 2.95. The third kappa shape index (κ3) is 6.72. The number of rotatable bonds is 10. The van der Waals surface area contributed by atoms with Crippen LogP contribution < -0.4 is 10.6 Å². The first kappa shape index (κ1) is 20.9. The molecule has 1 aromatic carbocycles. The number of benzene rings is 1. The molecular formula is C20H33N3O2S. The molecule has 5 nitrogen and oxygen atoms in total. The summed E-state index contributed by atoms with van der Waals surface area (Å²) in [6.07, 6.45) is 6.12. The maximum atomic E-state index is 12.3. The second-order valence-corrected chi connectivity index (χ2v) is 8.51. The number of guanidine groups is 1. The van der Waals surface area contributed by atoms with Crippen LogP contribution in [0.25, 0.3) is 0 Å². The first-order valence-electron chi connectivity index (χ1n) is 9.64. The second kappa shape index (κ2) is 11.3. The zero-order chi connectivity index (χ0) is 18.7. The van der Waals surface area contributed by atoms with E-state index in [-0.39, 0.29) is 5.41 Å². The van der Waals surface area contributed by atoms with E-state index in [1.165, 1.54) is 25.7 Å². The van der Waals surface area contributed by atoms with E-state index >= 15 is 0 Å². The average molecular weight is 380 g/mol. The van der Waals surface area contributed by atoms with Crippen LogP contribution in [0.15, 0.2) is 40.2 Å². The van der Waals surface area contributed by atoms with Gasteiger partial charge in [0.2, 0.25) is 0 Å². The van der Waals surface area contributed by atoms with Crippen molar-refractivity contribution < 1.29 is 8.95 Å². The van der Waals surface area contributed by atoms with Crippen LogP contribution in [0.3, 0.4) is 0 Å². The fourth-order valence-electron chi connectivity index (χ4n) is 3.47. The van der Waals surface area contributed by atoms with Crippen LogP contribution >= 0.6 is 0 Å². The van der Waals surface area contributed by atoms with Crippen molar-refractivity contribution in [3.05, 3.63) is 30.3 Å². The lowest BCUT2D eigenvalue weighted by atomic mass is 9.83. The molecule has 1 aliphatic rings. The minimum absolute atomic E-state index is 0.283. The number of nitrogens with one attached hydrogen (secondary N) is 2. The molecule has 0 aliphatic heterocycles. The summed E-state index contributed by atoms with van der Waals surface area (Å²) in [7, 11) is 0.784. The topological polar surface area (TPSA) is 62.7 Å². The Balaban J connectivity index is 1.86. The van der Waals surface area contributed by atoms with E-state index in [0.717, 1.165) is 37.0 Å². The summed E-state index contributed by atoms with van der Waals surface area (Å²) in [6.45, 7) is 5.15. The summed E-state index contributed by atoms with van der Waals surface area (Å²) in [5.74, 6) is 1.39. The predicted molar refractivity (Wildman–Crippen MR) is 109 cm³/mol. The molecule has 0 heterocycles. The molecular weight excluding hydrogens is 346 g/mol. The fourth-order valence-corrected chi connectivity index (χ4v) is 4.46. The van der Waals surface area contributed by atoms with Gasteiger partial charge in [0.05, 0.1) is 10.8 Å². The van der Waals surface area contributed by atoms with Gasteiger partial charge in [-0.15, -0.1) is 0 Å². The summed E-state index contributed by atoms with van der Waals surface area (Å²) in [5, 5.41) is 6.64. The number of hydrogen-bond donors (Lipinski definition) is 2. The number of ether oxygens (including phenoxy) is 1. The molecule has 2 rings (SSSR count). The van der Waals surface area contributed by atoms with Gasteiger partial charge in [-0.2, -0.15) is 0 Å². The molecule has 0 saturated heterocycles. The van der Waals surface area contributed by atoms with Crippen LogP contribution in [-0.2, 0) is 15.5 Å². The molecule has 0 bridgehead atoms. The van der Waals surface area contributed by atoms with Crippen molar-refractivity contribution in [1.29, 1.82) is 0 Å². The standard InChI is InChI=1S/C20H33N3O2S/c1-3-21-19(22-14-16-26(24)18-9-5-4-6-10-18)23-17-20(13-15-25-2)11-7-8-12-20/h4-6,9-10H,3,7-8,11-17H2,1-2H3,(H2,21,22,23). The zero-order valence-corrected chi connectivity index (χ0v) is 16.9. The smallest absolute Gasteiger partial charge is 0.191 e. The molecule has 1 atom stereocenters. The van der Waals surface area contributed by atoms with Gasteiger partial charge in [-0.3, -0.25) is 9.20 Å². The van der Waals surface area contributed by atoms with Crippen molar-refractivity contribution in [3.63, 3.8) is 0 Å². The summed E-state index contributed by atoms with van der Waals surface area (Å²) in [4.78, 5) is 5.71. The van der Waals surface area contributed by atoms with Crippen LogP contribution in [0.2, 0.25) is 0 Å². The third-order valence-electron chi connectivity index (χ3n) is 5.00. The molecule has 1 saturated carbocycles. The molecule has 26 heavy (non-hydrogen) atoms. The highest BCUT2D eigenvalue weighted by Crippen LogP contribution is 2.41. The molecule has 2 N–H and O–H groups in total. The fraction of sp³-hybridized carbons (Fsp3) is 0.650. The van der Waals surface area contributed by atoms with E-state index < -0.39 is 10.8 Å². The van der Waals surface area contributed by atoms with Gasteiger partial charge in [0, 0.05) is 44.0 Å². The Kier molecular flexibility index (Phi) is 9.12. The summed E-state index contributed by atoms with van der Waals surface area (Å²) >= 11 is 0. The monoisotopic (exact) mass is 379 g/mol. The van der Waals surface area contributed by atoms with Crippen LogP contribution in [0.5, 0.6) is 0 Å². The van der Waals surface area contributed by atoms with Gasteiger partial charge in [0.15, 0.2) is 5.96 Å². The normalized spacial score (nSPS) is 17.8. The Morgan fingerprint density at radius 1 is 1.23 bits per heavy atom. The summed E-state index contributed by atoms with van der Waals surface area (Å²) < 4.78 is 17.6. The van der Waals surface area contributed by atoms with E-state index in [9.17, 15) is 4.21 Å².